The predicted octanol–water partition coefficient (Wildman–Crippen LogP) is 1.22. The minimum atomic E-state index is -0.0538. The third-order valence-electron chi connectivity index (χ3n) is 3.43. The van der Waals surface area contributed by atoms with Gasteiger partial charge in [0.15, 0.2) is 0 Å². The maximum absolute atomic E-state index is 5.76. The number of ether oxygens (including phenoxy) is 1. The maximum atomic E-state index is 5.76. The Balaban J connectivity index is 2.53. The summed E-state index contributed by atoms with van der Waals surface area (Å²) >= 11 is 0. The van der Waals surface area contributed by atoms with Crippen molar-refractivity contribution in [1.29, 1.82) is 0 Å². The molecule has 0 unspecified atom stereocenters. The van der Waals surface area contributed by atoms with Gasteiger partial charge in [0.1, 0.15) is 0 Å². The van der Waals surface area contributed by atoms with Gasteiger partial charge in [0.25, 0.3) is 0 Å². The molecule has 0 atom stereocenters. The number of likely N-dealkylation sites (tertiary alicyclic amines) is 1. The number of hydrogen-bond acceptors (Lipinski definition) is 3. The normalized spacial score (nSPS) is 23.8. The summed E-state index contributed by atoms with van der Waals surface area (Å²) in [6.45, 7) is 9.60. The molecular formula is C11H24N2O. The first-order chi connectivity index (χ1) is 6.43. The van der Waals surface area contributed by atoms with Gasteiger partial charge < -0.3 is 10.5 Å². The Morgan fingerprint density at radius 1 is 1.29 bits per heavy atom. The van der Waals surface area contributed by atoms with E-state index in [1.54, 1.807) is 7.11 Å². The highest BCUT2D eigenvalue weighted by Gasteiger charge is 2.36. The fourth-order valence-electron chi connectivity index (χ4n) is 2.08. The topological polar surface area (TPSA) is 38.5 Å². The van der Waals surface area contributed by atoms with E-state index in [9.17, 15) is 0 Å². The molecule has 84 valence electrons. The average molecular weight is 200 g/mol. The van der Waals surface area contributed by atoms with Crippen LogP contribution in [0.5, 0.6) is 0 Å². The molecule has 14 heavy (non-hydrogen) atoms. The summed E-state index contributed by atoms with van der Waals surface area (Å²) in [6, 6.07) is 0. The van der Waals surface area contributed by atoms with E-state index >= 15 is 0 Å². The van der Waals surface area contributed by atoms with Crippen molar-refractivity contribution in [3.05, 3.63) is 0 Å². The van der Waals surface area contributed by atoms with Gasteiger partial charge in [-0.3, -0.25) is 4.90 Å². The Labute approximate surface area is 87.6 Å². The van der Waals surface area contributed by atoms with Gasteiger partial charge in [0.05, 0.1) is 5.60 Å². The fraction of sp³-hybridized carbons (Fsp3) is 1.00. The number of nitrogens with two attached hydrogens (primary N) is 1. The summed E-state index contributed by atoms with van der Waals surface area (Å²) in [5.41, 5.74) is 5.98. The lowest BCUT2D eigenvalue weighted by molar-refractivity contribution is -0.0646. The molecule has 0 spiro atoms. The van der Waals surface area contributed by atoms with Crippen LogP contribution in [0.1, 0.15) is 33.6 Å². The molecule has 1 aliphatic rings. The largest absolute Gasteiger partial charge is 0.377 e. The summed E-state index contributed by atoms with van der Waals surface area (Å²) in [6.07, 6.45) is 2.11. The van der Waals surface area contributed by atoms with Gasteiger partial charge in [-0.25, -0.2) is 0 Å². The van der Waals surface area contributed by atoms with Gasteiger partial charge in [-0.2, -0.15) is 0 Å². The van der Waals surface area contributed by atoms with E-state index in [1.165, 1.54) is 0 Å². The van der Waals surface area contributed by atoms with Gasteiger partial charge in [-0.15, -0.1) is 0 Å². The highest BCUT2D eigenvalue weighted by atomic mass is 16.5. The second-order valence-corrected chi connectivity index (χ2v) is 5.25. The molecule has 3 heteroatoms. The Hall–Kier alpha value is -0.120. The van der Waals surface area contributed by atoms with Crippen LogP contribution in [0.4, 0.5) is 0 Å². The molecule has 0 saturated carbocycles. The smallest absolute Gasteiger partial charge is 0.0824 e. The molecule has 2 N–H and O–H groups in total. The van der Waals surface area contributed by atoms with Gasteiger partial charge in [0, 0.05) is 32.3 Å². The zero-order chi connectivity index (χ0) is 10.8. The Kier molecular flexibility index (Phi) is 3.56. The number of nitrogens with zero attached hydrogens (tertiary/aromatic N) is 1. The Bertz CT molecular complexity index is 172. The monoisotopic (exact) mass is 200 g/mol. The van der Waals surface area contributed by atoms with E-state index in [0.29, 0.717) is 6.54 Å². The van der Waals surface area contributed by atoms with Gasteiger partial charge >= 0.3 is 0 Å². The second-order valence-electron chi connectivity index (χ2n) is 5.25. The van der Waals surface area contributed by atoms with Crippen LogP contribution in [0.2, 0.25) is 0 Å². The van der Waals surface area contributed by atoms with Crippen LogP contribution in [0.3, 0.4) is 0 Å². The first-order valence-electron chi connectivity index (χ1n) is 5.44. The SMILES string of the molecule is COC1(CN)CCN(C(C)(C)C)CC1. The predicted molar refractivity (Wildman–Crippen MR) is 59.4 cm³/mol. The molecule has 1 rings (SSSR count). The summed E-state index contributed by atoms with van der Waals surface area (Å²) in [5, 5.41) is 0. The lowest BCUT2D eigenvalue weighted by atomic mass is 9.89. The first kappa shape index (κ1) is 12.0. The molecule has 3 nitrogen and oxygen atoms in total. The number of piperidine rings is 1. The Morgan fingerprint density at radius 3 is 2.07 bits per heavy atom. The number of hydrogen-bond donors (Lipinski definition) is 1. The molecule has 0 bridgehead atoms. The van der Waals surface area contributed by atoms with E-state index < -0.39 is 0 Å². The minimum absolute atomic E-state index is 0.0538. The van der Waals surface area contributed by atoms with Gasteiger partial charge in [-0.05, 0) is 33.6 Å². The van der Waals surface area contributed by atoms with Crippen molar-refractivity contribution in [3.8, 4) is 0 Å². The van der Waals surface area contributed by atoms with E-state index in [4.69, 9.17) is 10.5 Å². The van der Waals surface area contributed by atoms with Crippen LogP contribution in [0.25, 0.3) is 0 Å². The minimum Gasteiger partial charge on any atom is -0.377 e. The van der Waals surface area contributed by atoms with Crippen molar-refractivity contribution < 1.29 is 4.74 Å². The van der Waals surface area contributed by atoms with E-state index in [-0.39, 0.29) is 11.1 Å². The lowest BCUT2D eigenvalue weighted by Gasteiger charge is -2.45. The summed E-state index contributed by atoms with van der Waals surface area (Å²) in [7, 11) is 1.78. The van der Waals surface area contributed by atoms with Gasteiger partial charge in [0.2, 0.25) is 0 Å². The molecule has 1 aliphatic heterocycles. The van der Waals surface area contributed by atoms with Crippen molar-refractivity contribution in [2.45, 2.75) is 44.8 Å². The van der Waals surface area contributed by atoms with Crippen LogP contribution >= 0.6 is 0 Å². The summed E-state index contributed by atoms with van der Waals surface area (Å²) < 4.78 is 5.54. The van der Waals surface area contributed by atoms with Crippen LogP contribution in [-0.2, 0) is 4.74 Å². The third kappa shape index (κ3) is 2.47. The van der Waals surface area contributed by atoms with Crippen molar-refractivity contribution >= 4 is 0 Å². The van der Waals surface area contributed by atoms with E-state index in [0.717, 1.165) is 25.9 Å². The van der Waals surface area contributed by atoms with Crippen LogP contribution in [0, 0.1) is 0 Å². The highest BCUT2D eigenvalue weighted by Crippen LogP contribution is 2.28. The van der Waals surface area contributed by atoms with Crippen molar-refractivity contribution in [1.82, 2.24) is 4.90 Å². The van der Waals surface area contributed by atoms with E-state index in [2.05, 4.69) is 25.7 Å². The van der Waals surface area contributed by atoms with Crippen molar-refractivity contribution in [2.24, 2.45) is 5.73 Å². The molecular weight excluding hydrogens is 176 g/mol. The Morgan fingerprint density at radius 2 is 1.79 bits per heavy atom. The molecule has 1 fully saturated rings. The molecule has 0 amide bonds. The van der Waals surface area contributed by atoms with Crippen LogP contribution in [0.15, 0.2) is 0 Å². The summed E-state index contributed by atoms with van der Waals surface area (Å²) in [5.74, 6) is 0. The second kappa shape index (κ2) is 4.17. The van der Waals surface area contributed by atoms with Crippen LogP contribution in [-0.4, -0.2) is 42.8 Å². The standard InChI is InChI=1S/C11H24N2O/c1-10(2,3)13-7-5-11(9-12,14-4)6-8-13/h5-9,12H2,1-4H3. The molecule has 0 aromatic heterocycles. The number of methoxy groups -OCH3 is 1. The average Bonchev–Trinajstić information content (AvgIpc) is 2.16. The van der Waals surface area contributed by atoms with Crippen molar-refractivity contribution in [2.75, 3.05) is 26.7 Å². The summed E-state index contributed by atoms with van der Waals surface area (Å²) in [4.78, 5) is 2.50. The van der Waals surface area contributed by atoms with Gasteiger partial charge in [-0.1, -0.05) is 0 Å². The molecule has 1 heterocycles. The highest BCUT2D eigenvalue weighted by molar-refractivity contribution is 4.91. The van der Waals surface area contributed by atoms with E-state index in [1.807, 2.05) is 0 Å². The zero-order valence-corrected chi connectivity index (χ0v) is 9.97. The fourth-order valence-corrected chi connectivity index (χ4v) is 2.08. The quantitative estimate of drug-likeness (QED) is 0.728. The molecule has 0 aromatic carbocycles. The maximum Gasteiger partial charge on any atom is 0.0824 e. The molecule has 0 aliphatic carbocycles. The first-order valence-corrected chi connectivity index (χ1v) is 5.44. The zero-order valence-electron chi connectivity index (χ0n) is 9.97. The number of rotatable bonds is 2. The molecule has 0 radical (unpaired) electrons. The van der Waals surface area contributed by atoms with Crippen molar-refractivity contribution in [3.63, 3.8) is 0 Å². The van der Waals surface area contributed by atoms with Crippen LogP contribution < -0.4 is 5.73 Å². The molecule has 0 aromatic rings. The third-order valence-corrected chi connectivity index (χ3v) is 3.43. The molecule has 1 saturated heterocycles. The lowest BCUT2D eigenvalue weighted by Crippen LogP contribution is -2.54.